The molecule has 29 heavy (non-hydrogen) atoms. The van der Waals surface area contributed by atoms with Crippen LogP contribution in [0.15, 0.2) is 39.8 Å². The second-order valence-corrected chi connectivity index (χ2v) is 9.05. The highest BCUT2D eigenvalue weighted by molar-refractivity contribution is 7.89. The molecule has 3 rings (SSSR count). The van der Waals surface area contributed by atoms with Gasteiger partial charge in [0.25, 0.3) is 0 Å². The first kappa shape index (κ1) is 21.5. The van der Waals surface area contributed by atoms with Crippen LogP contribution in [0.4, 0.5) is 0 Å². The zero-order chi connectivity index (χ0) is 21.0. The van der Waals surface area contributed by atoms with Crippen LogP contribution in [-0.4, -0.2) is 68.0 Å². The maximum Gasteiger partial charge on any atom is 0.246 e. The molecule has 1 aliphatic rings. The van der Waals surface area contributed by atoms with Crippen LogP contribution in [0.5, 0.6) is 0 Å². The van der Waals surface area contributed by atoms with Crippen LogP contribution < -0.4 is 4.72 Å². The van der Waals surface area contributed by atoms with E-state index in [1.807, 2.05) is 18.2 Å². The number of hydrogen-bond donors (Lipinski definition) is 1. The first-order valence-corrected chi connectivity index (χ1v) is 11.3. The molecule has 0 unspecified atom stereocenters. The van der Waals surface area contributed by atoms with Gasteiger partial charge in [-0.2, -0.15) is 4.72 Å². The Bertz CT molecular complexity index is 915. The Balaban J connectivity index is 1.51. The van der Waals surface area contributed by atoms with Gasteiger partial charge < -0.3 is 9.42 Å². The fraction of sp³-hybridized carbons (Fsp3) is 0.500. The molecule has 0 saturated carbocycles. The number of hydrogen-bond acceptors (Lipinski definition) is 6. The molecule has 2 aromatic rings. The van der Waals surface area contributed by atoms with Crippen molar-refractivity contribution in [2.75, 3.05) is 32.7 Å². The molecule has 0 aliphatic carbocycles. The van der Waals surface area contributed by atoms with E-state index in [4.69, 9.17) is 4.52 Å². The second kappa shape index (κ2) is 9.06. The fourth-order valence-electron chi connectivity index (χ4n) is 3.60. The van der Waals surface area contributed by atoms with Gasteiger partial charge in [-0.1, -0.05) is 35.5 Å². The van der Waals surface area contributed by atoms with Crippen LogP contribution in [0.25, 0.3) is 0 Å². The molecule has 1 aromatic carbocycles. The van der Waals surface area contributed by atoms with Gasteiger partial charge in [-0.25, -0.2) is 8.42 Å². The van der Waals surface area contributed by atoms with Crippen molar-refractivity contribution in [3.63, 3.8) is 0 Å². The van der Waals surface area contributed by atoms with E-state index in [0.29, 0.717) is 13.1 Å². The van der Waals surface area contributed by atoms with Crippen molar-refractivity contribution >= 4 is 15.9 Å². The van der Waals surface area contributed by atoms with Gasteiger partial charge in [0.2, 0.25) is 15.9 Å². The summed E-state index contributed by atoms with van der Waals surface area (Å²) < 4.78 is 32.6. The molecular formula is C20H28N4O4S. The number of piperazine rings is 1. The molecule has 1 N–H and O–H groups in total. The molecule has 1 fully saturated rings. The number of rotatable bonds is 7. The van der Waals surface area contributed by atoms with Gasteiger partial charge >= 0.3 is 0 Å². The summed E-state index contributed by atoms with van der Waals surface area (Å²) in [5.74, 6) is -0.00951. The number of benzene rings is 1. The van der Waals surface area contributed by atoms with E-state index < -0.39 is 16.1 Å². The first-order valence-electron chi connectivity index (χ1n) is 9.78. The van der Waals surface area contributed by atoms with Gasteiger partial charge in [0.15, 0.2) is 5.76 Å². The van der Waals surface area contributed by atoms with Gasteiger partial charge in [-0.3, -0.25) is 9.69 Å². The van der Waals surface area contributed by atoms with Crippen LogP contribution >= 0.6 is 0 Å². The Morgan fingerprint density at radius 1 is 1.17 bits per heavy atom. The average Bonchev–Trinajstić information content (AvgIpc) is 3.05. The highest BCUT2D eigenvalue weighted by Gasteiger charge is 2.31. The SMILES string of the molecule is Cc1noc(C)c1S(=O)(=O)N[C@@H](C)C(=O)N1CCN(CCc2ccccc2)CC1. The molecule has 0 spiro atoms. The summed E-state index contributed by atoms with van der Waals surface area (Å²) in [6.45, 7) is 8.35. The standard InChI is InChI=1S/C20H28N4O4S/c1-15-19(17(3)28-21-15)29(26,27)22-16(2)20(25)24-13-11-23(12-14-24)10-9-18-7-5-4-6-8-18/h4-8,16,22H,9-14H2,1-3H3/t16-/m0/s1. The third-order valence-corrected chi connectivity index (χ3v) is 6.97. The van der Waals surface area contributed by atoms with E-state index in [1.165, 1.54) is 12.5 Å². The van der Waals surface area contributed by atoms with Crippen LogP contribution in [0.2, 0.25) is 0 Å². The Morgan fingerprint density at radius 3 is 2.41 bits per heavy atom. The van der Waals surface area contributed by atoms with Crippen molar-refractivity contribution in [1.29, 1.82) is 0 Å². The Hall–Kier alpha value is -2.23. The summed E-state index contributed by atoms with van der Waals surface area (Å²) in [6, 6.07) is 9.46. The Morgan fingerprint density at radius 2 is 1.83 bits per heavy atom. The third-order valence-electron chi connectivity index (χ3n) is 5.18. The quantitative estimate of drug-likeness (QED) is 0.726. The molecule has 2 heterocycles. The molecule has 1 amide bonds. The number of amides is 1. The van der Waals surface area contributed by atoms with Gasteiger partial charge in [0, 0.05) is 32.7 Å². The molecular weight excluding hydrogens is 392 g/mol. The monoisotopic (exact) mass is 420 g/mol. The highest BCUT2D eigenvalue weighted by Crippen LogP contribution is 2.19. The van der Waals surface area contributed by atoms with Crippen LogP contribution in [0.1, 0.15) is 23.9 Å². The van der Waals surface area contributed by atoms with Crippen molar-refractivity contribution in [1.82, 2.24) is 19.7 Å². The zero-order valence-electron chi connectivity index (χ0n) is 17.1. The number of nitrogens with zero attached hydrogens (tertiary/aromatic N) is 3. The Labute approximate surface area is 171 Å². The number of sulfonamides is 1. The van der Waals surface area contributed by atoms with Gasteiger partial charge in [-0.15, -0.1) is 0 Å². The molecule has 1 aliphatic heterocycles. The predicted molar refractivity (Wildman–Crippen MR) is 109 cm³/mol. The van der Waals surface area contributed by atoms with Gasteiger partial charge in [0.05, 0.1) is 6.04 Å². The number of nitrogens with one attached hydrogen (secondary N) is 1. The van der Waals surface area contributed by atoms with E-state index in [-0.39, 0.29) is 22.3 Å². The minimum Gasteiger partial charge on any atom is -0.360 e. The topological polar surface area (TPSA) is 95.8 Å². The minimum absolute atomic E-state index is 0.00267. The predicted octanol–water partition coefficient (Wildman–Crippen LogP) is 1.35. The van der Waals surface area contributed by atoms with Crippen LogP contribution in [-0.2, 0) is 21.2 Å². The molecule has 1 saturated heterocycles. The first-order chi connectivity index (χ1) is 13.8. The number of carbonyl (C=O) groups excluding carboxylic acids is 1. The average molecular weight is 421 g/mol. The van der Waals surface area contributed by atoms with E-state index in [2.05, 4.69) is 26.9 Å². The summed E-state index contributed by atoms with van der Waals surface area (Å²) >= 11 is 0. The summed E-state index contributed by atoms with van der Waals surface area (Å²) in [7, 11) is -3.88. The van der Waals surface area contributed by atoms with E-state index >= 15 is 0 Å². The summed E-state index contributed by atoms with van der Waals surface area (Å²) in [5.41, 5.74) is 1.58. The van der Waals surface area contributed by atoms with Gasteiger partial charge in [-0.05, 0) is 32.8 Å². The van der Waals surface area contributed by atoms with Crippen molar-refractivity contribution in [3.05, 3.63) is 47.3 Å². The maximum absolute atomic E-state index is 12.7. The fourth-order valence-corrected chi connectivity index (χ4v) is 5.12. The highest BCUT2D eigenvalue weighted by atomic mass is 32.2. The summed E-state index contributed by atoms with van der Waals surface area (Å²) in [4.78, 5) is 16.8. The molecule has 1 aromatic heterocycles. The number of carbonyl (C=O) groups is 1. The van der Waals surface area contributed by atoms with E-state index in [9.17, 15) is 13.2 Å². The lowest BCUT2D eigenvalue weighted by Crippen LogP contribution is -2.54. The largest absolute Gasteiger partial charge is 0.360 e. The zero-order valence-corrected chi connectivity index (χ0v) is 17.9. The number of aryl methyl sites for hydroxylation is 2. The lowest BCUT2D eigenvalue weighted by Gasteiger charge is -2.36. The van der Waals surface area contributed by atoms with Crippen molar-refractivity contribution in [3.8, 4) is 0 Å². The molecule has 158 valence electrons. The molecule has 9 heteroatoms. The summed E-state index contributed by atoms with van der Waals surface area (Å²) in [5, 5.41) is 3.68. The normalized spacial score (nSPS) is 16.7. The van der Waals surface area contributed by atoms with Crippen LogP contribution in [0, 0.1) is 13.8 Å². The van der Waals surface area contributed by atoms with Crippen molar-refractivity contribution in [2.45, 2.75) is 38.1 Å². The lowest BCUT2D eigenvalue weighted by atomic mass is 10.1. The van der Waals surface area contributed by atoms with Crippen LogP contribution in [0.3, 0.4) is 0 Å². The lowest BCUT2D eigenvalue weighted by molar-refractivity contribution is -0.134. The van der Waals surface area contributed by atoms with E-state index in [1.54, 1.807) is 18.7 Å². The molecule has 0 radical (unpaired) electrons. The molecule has 0 bridgehead atoms. The van der Waals surface area contributed by atoms with Crippen molar-refractivity contribution < 1.29 is 17.7 Å². The summed E-state index contributed by atoms with van der Waals surface area (Å²) in [6.07, 6.45) is 0.975. The van der Waals surface area contributed by atoms with E-state index in [0.717, 1.165) is 26.1 Å². The van der Waals surface area contributed by atoms with Gasteiger partial charge in [0.1, 0.15) is 10.6 Å². The van der Waals surface area contributed by atoms with Crippen molar-refractivity contribution in [2.24, 2.45) is 0 Å². The molecule has 8 nitrogen and oxygen atoms in total. The number of aromatic nitrogens is 1. The minimum atomic E-state index is -3.88. The molecule has 1 atom stereocenters. The smallest absolute Gasteiger partial charge is 0.246 e. The maximum atomic E-state index is 12.7. The second-order valence-electron chi connectivity index (χ2n) is 7.40. The third kappa shape index (κ3) is 5.23. The Kier molecular flexibility index (Phi) is 6.71.